The van der Waals surface area contributed by atoms with E-state index in [1.165, 1.54) is 0 Å². The molecular formula is C13H21N3O2S. The van der Waals surface area contributed by atoms with E-state index in [0.717, 1.165) is 36.8 Å². The Bertz CT molecular complexity index is 422. The van der Waals surface area contributed by atoms with Crippen molar-refractivity contribution >= 4 is 17.3 Å². The summed E-state index contributed by atoms with van der Waals surface area (Å²) in [5.74, 6) is -0.138. The van der Waals surface area contributed by atoms with Crippen LogP contribution in [0, 0.1) is 0 Å². The van der Waals surface area contributed by atoms with Crippen molar-refractivity contribution in [1.29, 1.82) is 0 Å². The number of aromatic nitrogens is 1. The maximum atomic E-state index is 11.9. The molecule has 0 bridgehead atoms. The van der Waals surface area contributed by atoms with Crippen molar-refractivity contribution in [2.75, 3.05) is 26.2 Å². The molecule has 19 heavy (non-hydrogen) atoms. The minimum atomic E-state index is -0.194. The zero-order chi connectivity index (χ0) is 13.7. The van der Waals surface area contributed by atoms with Crippen LogP contribution >= 0.6 is 11.3 Å². The van der Waals surface area contributed by atoms with Gasteiger partial charge in [-0.2, -0.15) is 0 Å². The van der Waals surface area contributed by atoms with Gasteiger partial charge >= 0.3 is 5.97 Å². The first kappa shape index (κ1) is 14.4. The monoisotopic (exact) mass is 283 g/mol. The number of hydrogen-bond donors (Lipinski definition) is 1. The van der Waals surface area contributed by atoms with E-state index < -0.39 is 0 Å². The molecule has 1 unspecified atom stereocenters. The van der Waals surface area contributed by atoms with Crippen LogP contribution in [0.1, 0.15) is 24.5 Å². The Labute approximate surface area is 118 Å². The predicted octanol–water partition coefficient (Wildman–Crippen LogP) is 1.04. The molecule has 0 radical (unpaired) electrons. The number of nitrogens with zero attached hydrogens (tertiary/aromatic N) is 2. The largest absolute Gasteiger partial charge is 0.465 e. The molecule has 0 spiro atoms. The van der Waals surface area contributed by atoms with Crippen LogP contribution in [0.15, 0.2) is 5.38 Å². The number of carbonyl (C=O) groups is 1. The molecule has 6 heteroatoms. The van der Waals surface area contributed by atoms with Crippen molar-refractivity contribution in [1.82, 2.24) is 15.2 Å². The van der Waals surface area contributed by atoms with E-state index in [1.807, 2.05) is 6.92 Å². The summed E-state index contributed by atoms with van der Waals surface area (Å²) >= 11 is 1.69. The molecule has 1 N–H and O–H groups in total. The van der Waals surface area contributed by atoms with Gasteiger partial charge in [0.25, 0.3) is 0 Å². The molecule has 5 nitrogen and oxygen atoms in total. The average Bonchev–Trinajstić information content (AvgIpc) is 2.87. The van der Waals surface area contributed by atoms with Crippen LogP contribution in [0.3, 0.4) is 0 Å². The molecular weight excluding hydrogens is 262 g/mol. The fourth-order valence-corrected chi connectivity index (χ4v) is 2.93. The highest BCUT2D eigenvalue weighted by Gasteiger charge is 2.30. The van der Waals surface area contributed by atoms with Crippen molar-refractivity contribution < 1.29 is 9.53 Å². The van der Waals surface area contributed by atoms with Crippen molar-refractivity contribution in [2.24, 2.45) is 0 Å². The predicted molar refractivity (Wildman–Crippen MR) is 75.2 cm³/mol. The van der Waals surface area contributed by atoms with Crippen molar-refractivity contribution in [3.05, 3.63) is 16.1 Å². The highest BCUT2D eigenvalue weighted by atomic mass is 32.1. The molecule has 2 rings (SSSR count). The van der Waals surface area contributed by atoms with Crippen LogP contribution < -0.4 is 5.32 Å². The van der Waals surface area contributed by atoms with Crippen LogP contribution in [0.25, 0.3) is 0 Å². The fraction of sp³-hybridized carbons (Fsp3) is 0.692. The average molecular weight is 283 g/mol. The molecule has 0 saturated carbocycles. The Morgan fingerprint density at radius 2 is 2.47 bits per heavy atom. The Morgan fingerprint density at radius 3 is 3.16 bits per heavy atom. The number of ether oxygens (including phenoxy) is 1. The zero-order valence-electron chi connectivity index (χ0n) is 11.5. The number of esters is 1. The first-order valence-corrected chi connectivity index (χ1v) is 7.67. The maximum Gasteiger partial charge on any atom is 0.324 e. The van der Waals surface area contributed by atoms with Crippen molar-refractivity contribution in [3.63, 3.8) is 0 Å². The minimum absolute atomic E-state index is 0.138. The molecule has 1 aliphatic heterocycles. The summed E-state index contributed by atoms with van der Waals surface area (Å²) in [5, 5.41) is 6.48. The second kappa shape index (κ2) is 6.98. The van der Waals surface area contributed by atoms with Gasteiger partial charge in [0.1, 0.15) is 6.04 Å². The highest BCUT2D eigenvalue weighted by molar-refractivity contribution is 7.09. The number of piperazine rings is 1. The Kier molecular flexibility index (Phi) is 5.30. The summed E-state index contributed by atoms with van der Waals surface area (Å²) in [6, 6.07) is -0.194. The van der Waals surface area contributed by atoms with E-state index in [0.29, 0.717) is 13.2 Å². The molecule has 0 amide bonds. The lowest BCUT2D eigenvalue weighted by Crippen LogP contribution is -2.54. The van der Waals surface area contributed by atoms with E-state index in [-0.39, 0.29) is 12.0 Å². The summed E-state index contributed by atoms with van der Waals surface area (Å²) in [6.07, 6.45) is 0.966. The lowest BCUT2D eigenvalue weighted by Gasteiger charge is -2.33. The van der Waals surface area contributed by atoms with Gasteiger partial charge in [-0.1, -0.05) is 6.92 Å². The van der Waals surface area contributed by atoms with Crippen molar-refractivity contribution in [3.8, 4) is 0 Å². The zero-order valence-corrected chi connectivity index (χ0v) is 12.3. The Hall–Kier alpha value is -0.980. The van der Waals surface area contributed by atoms with Gasteiger partial charge in [-0.15, -0.1) is 11.3 Å². The van der Waals surface area contributed by atoms with Gasteiger partial charge in [-0.3, -0.25) is 9.69 Å². The lowest BCUT2D eigenvalue weighted by molar-refractivity contribution is -0.150. The number of thiazole rings is 1. The maximum absolute atomic E-state index is 11.9. The van der Waals surface area contributed by atoms with E-state index in [9.17, 15) is 4.79 Å². The van der Waals surface area contributed by atoms with Crippen LogP contribution in [0.4, 0.5) is 0 Å². The summed E-state index contributed by atoms with van der Waals surface area (Å²) in [5.41, 5.74) is 1.05. The number of nitrogens with one attached hydrogen (secondary N) is 1. The van der Waals surface area contributed by atoms with Gasteiger partial charge in [0.2, 0.25) is 0 Å². The topological polar surface area (TPSA) is 54.5 Å². The molecule has 106 valence electrons. The molecule has 1 aromatic rings. The van der Waals surface area contributed by atoms with Gasteiger partial charge in [0, 0.05) is 31.6 Å². The molecule has 1 aliphatic rings. The summed E-state index contributed by atoms with van der Waals surface area (Å²) in [4.78, 5) is 18.7. The third-order valence-electron chi connectivity index (χ3n) is 3.18. The summed E-state index contributed by atoms with van der Waals surface area (Å²) < 4.78 is 5.14. The quantitative estimate of drug-likeness (QED) is 0.818. The van der Waals surface area contributed by atoms with Crippen LogP contribution in [0.2, 0.25) is 0 Å². The van der Waals surface area contributed by atoms with E-state index in [4.69, 9.17) is 4.74 Å². The van der Waals surface area contributed by atoms with Crippen LogP contribution in [0.5, 0.6) is 0 Å². The second-order valence-electron chi connectivity index (χ2n) is 4.53. The Morgan fingerprint density at radius 1 is 1.63 bits per heavy atom. The Balaban J connectivity index is 2.00. The standard InChI is InChI=1S/C13H21N3O2S/c1-3-12-15-10(9-19-12)8-16-6-5-14-7-11(16)13(17)18-4-2/h9,11,14H,3-8H2,1-2H3. The third kappa shape index (κ3) is 3.75. The molecule has 1 aromatic heterocycles. The summed E-state index contributed by atoms with van der Waals surface area (Å²) in [6.45, 7) is 7.51. The van der Waals surface area contributed by atoms with Gasteiger partial charge < -0.3 is 10.1 Å². The molecule has 0 aromatic carbocycles. The van der Waals surface area contributed by atoms with Crippen molar-refractivity contribution in [2.45, 2.75) is 32.9 Å². The van der Waals surface area contributed by atoms with Gasteiger partial charge in [0.05, 0.1) is 17.3 Å². The summed E-state index contributed by atoms with van der Waals surface area (Å²) in [7, 11) is 0. The van der Waals surface area contributed by atoms with Gasteiger partial charge in [-0.05, 0) is 13.3 Å². The number of aryl methyl sites for hydroxylation is 1. The number of rotatable bonds is 5. The smallest absolute Gasteiger partial charge is 0.324 e. The normalized spacial score (nSPS) is 20.4. The van der Waals surface area contributed by atoms with E-state index >= 15 is 0 Å². The molecule has 1 atom stereocenters. The number of hydrogen-bond acceptors (Lipinski definition) is 6. The van der Waals surface area contributed by atoms with Gasteiger partial charge in [0.15, 0.2) is 0 Å². The highest BCUT2D eigenvalue weighted by Crippen LogP contribution is 2.15. The van der Waals surface area contributed by atoms with E-state index in [1.54, 1.807) is 11.3 Å². The lowest BCUT2D eigenvalue weighted by atomic mass is 10.2. The van der Waals surface area contributed by atoms with Crippen LogP contribution in [-0.4, -0.2) is 48.1 Å². The minimum Gasteiger partial charge on any atom is -0.465 e. The van der Waals surface area contributed by atoms with Crippen LogP contribution in [-0.2, 0) is 22.5 Å². The van der Waals surface area contributed by atoms with E-state index in [2.05, 4.69) is 27.5 Å². The molecule has 2 heterocycles. The fourth-order valence-electron chi connectivity index (χ4n) is 2.20. The first-order chi connectivity index (χ1) is 9.24. The second-order valence-corrected chi connectivity index (χ2v) is 5.47. The molecule has 0 aliphatic carbocycles. The first-order valence-electron chi connectivity index (χ1n) is 6.79. The number of carbonyl (C=O) groups excluding carboxylic acids is 1. The third-order valence-corrected chi connectivity index (χ3v) is 4.22. The van der Waals surface area contributed by atoms with Gasteiger partial charge in [-0.25, -0.2) is 4.98 Å². The SMILES string of the molecule is CCOC(=O)C1CNCCN1Cc1csc(CC)n1. The molecule has 1 fully saturated rings. The molecule has 1 saturated heterocycles.